The van der Waals surface area contributed by atoms with Crippen molar-refractivity contribution < 1.29 is 4.79 Å². The summed E-state index contributed by atoms with van der Waals surface area (Å²) in [5.41, 5.74) is 0.401. The number of hydrogen-bond acceptors (Lipinski definition) is 4. The van der Waals surface area contributed by atoms with Crippen molar-refractivity contribution in [3.63, 3.8) is 0 Å². The maximum absolute atomic E-state index is 11.9. The average molecular weight is 266 g/mol. The van der Waals surface area contributed by atoms with E-state index in [0.29, 0.717) is 18.8 Å². The van der Waals surface area contributed by atoms with Gasteiger partial charge in [0, 0.05) is 25.2 Å². The van der Waals surface area contributed by atoms with Crippen LogP contribution in [0.1, 0.15) is 27.7 Å². The number of rotatable bonds is 6. The molecular formula is C13H22N4O2. The zero-order valence-corrected chi connectivity index (χ0v) is 12.0. The molecule has 0 aliphatic rings. The van der Waals surface area contributed by atoms with Gasteiger partial charge >= 0.3 is 0 Å². The van der Waals surface area contributed by atoms with Gasteiger partial charge in [0.05, 0.1) is 11.9 Å². The second kappa shape index (κ2) is 6.92. The average Bonchev–Trinajstić information content (AvgIpc) is 2.33. The zero-order chi connectivity index (χ0) is 14.4. The minimum absolute atomic E-state index is 0.0114. The fourth-order valence-corrected chi connectivity index (χ4v) is 1.77. The molecule has 1 amide bonds. The predicted octanol–water partition coefficient (Wildman–Crippen LogP) is 0.932. The molecule has 1 N–H and O–H groups in total. The summed E-state index contributed by atoms with van der Waals surface area (Å²) in [6, 6.07) is 1.69. The van der Waals surface area contributed by atoms with Crippen LogP contribution in [-0.2, 0) is 11.3 Å². The van der Waals surface area contributed by atoms with Gasteiger partial charge in [0.1, 0.15) is 6.54 Å². The fraction of sp³-hybridized carbons (Fsp3) is 0.615. The number of anilines is 1. The van der Waals surface area contributed by atoms with Gasteiger partial charge in [-0.15, -0.1) is 0 Å². The van der Waals surface area contributed by atoms with Gasteiger partial charge in [0.15, 0.2) is 0 Å². The van der Waals surface area contributed by atoms with E-state index in [0.717, 1.165) is 0 Å². The number of carbonyl (C=O) groups excluding carboxylic acids is 1. The van der Waals surface area contributed by atoms with Crippen LogP contribution in [0, 0.1) is 0 Å². The Bertz CT molecular complexity index is 478. The van der Waals surface area contributed by atoms with E-state index < -0.39 is 0 Å². The normalized spacial score (nSPS) is 10.6. The summed E-state index contributed by atoms with van der Waals surface area (Å²) in [6.45, 7) is 9.04. The van der Waals surface area contributed by atoms with Crippen molar-refractivity contribution in [3.05, 3.63) is 22.6 Å². The highest BCUT2D eigenvalue weighted by atomic mass is 16.2. The van der Waals surface area contributed by atoms with Crippen LogP contribution >= 0.6 is 0 Å². The third-order valence-corrected chi connectivity index (χ3v) is 2.73. The maximum atomic E-state index is 11.9. The minimum Gasteiger partial charge on any atom is -0.381 e. The lowest BCUT2D eigenvalue weighted by Gasteiger charge is -2.18. The molecule has 6 nitrogen and oxygen atoms in total. The number of aromatic nitrogens is 2. The minimum atomic E-state index is -0.272. The summed E-state index contributed by atoms with van der Waals surface area (Å²) in [4.78, 5) is 25.4. The molecule has 0 aliphatic heterocycles. The van der Waals surface area contributed by atoms with Crippen LogP contribution < -0.4 is 10.9 Å². The molecule has 0 aliphatic carbocycles. The Morgan fingerprint density at radius 3 is 2.53 bits per heavy atom. The molecule has 0 radical (unpaired) electrons. The highest BCUT2D eigenvalue weighted by molar-refractivity contribution is 5.75. The number of nitrogens with zero attached hydrogens (tertiary/aromatic N) is 3. The lowest BCUT2D eigenvalue weighted by Crippen LogP contribution is -2.37. The summed E-state index contributed by atoms with van der Waals surface area (Å²) in [7, 11) is 0. The first-order valence-electron chi connectivity index (χ1n) is 6.59. The van der Waals surface area contributed by atoms with E-state index in [1.165, 1.54) is 10.7 Å². The second-order valence-corrected chi connectivity index (χ2v) is 4.61. The van der Waals surface area contributed by atoms with E-state index in [1.54, 1.807) is 11.1 Å². The zero-order valence-electron chi connectivity index (χ0n) is 12.0. The third kappa shape index (κ3) is 4.39. The van der Waals surface area contributed by atoms with E-state index in [1.807, 2.05) is 27.7 Å². The molecule has 1 rings (SSSR count). The first-order chi connectivity index (χ1) is 8.97. The van der Waals surface area contributed by atoms with Crippen LogP contribution in [0.4, 0.5) is 5.69 Å². The Kier molecular flexibility index (Phi) is 5.54. The lowest BCUT2D eigenvalue weighted by molar-refractivity contribution is -0.131. The van der Waals surface area contributed by atoms with Crippen LogP contribution in [0.5, 0.6) is 0 Å². The molecule has 6 heteroatoms. The van der Waals surface area contributed by atoms with Crippen LogP contribution in [-0.4, -0.2) is 39.7 Å². The van der Waals surface area contributed by atoms with Gasteiger partial charge in [-0.05, 0) is 27.7 Å². The molecular weight excluding hydrogens is 244 g/mol. The summed E-state index contributed by atoms with van der Waals surface area (Å²) < 4.78 is 1.19. The van der Waals surface area contributed by atoms with E-state index in [4.69, 9.17) is 0 Å². The lowest BCUT2D eigenvalue weighted by atomic mass is 10.3. The first-order valence-corrected chi connectivity index (χ1v) is 6.59. The Hall–Kier alpha value is -1.85. The number of nitrogens with one attached hydrogen (secondary N) is 1. The van der Waals surface area contributed by atoms with E-state index in [-0.39, 0.29) is 24.1 Å². The van der Waals surface area contributed by atoms with Crippen LogP contribution in [0.15, 0.2) is 17.1 Å². The molecule has 0 saturated carbocycles. The second-order valence-electron chi connectivity index (χ2n) is 4.61. The standard InChI is InChI=1S/C13H22N4O2/c1-5-16(6-2)13(19)9-17-12(18)7-11(8-14-17)15-10(3)4/h7-8,10,15H,5-6,9H2,1-4H3. The van der Waals surface area contributed by atoms with Crippen molar-refractivity contribution in [2.24, 2.45) is 0 Å². The SMILES string of the molecule is CCN(CC)C(=O)Cn1ncc(NC(C)C)cc1=O. The molecule has 1 aromatic rings. The van der Waals surface area contributed by atoms with Gasteiger partial charge in [-0.2, -0.15) is 5.10 Å². The maximum Gasteiger partial charge on any atom is 0.269 e. The monoisotopic (exact) mass is 266 g/mol. The highest BCUT2D eigenvalue weighted by Crippen LogP contribution is 2.02. The van der Waals surface area contributed by atoms with Gasteiger partial charge in [-0.3, -0.25) is 9.59 Å². The number of hydrogen-bond donors (Lipinski definition) is 1. The van der Waals surface area contributed by atoms with E-state index in [2.05, 4.69) is 10.4 Å². The van der Waals surface area contributed by atoms with E-state index in [9.17, 15) is 9.59 Å². The topological polar surface area (TPSA) is 67.2 Å². The van der Waals surface area contributed by atoms with Crippen LogP contribution in [0.2, 0.25) is 0 Å². The molecule has 0 atom stereocenters. The first kappa shape index (κ1) is 15.2. The summed E-state index contributed by atoms with van der Waals surface area (Å²) in [6.07, 6.45) is 1.57. The summed E-state index contributed by atoms with van der Waals surface area (Å²) in [5.74, 6) is -0.0934. The third-order valence-electron chi connectivity index (χ3n) is 2.73. The van der Waals surface area contributed by atoms with Gasteiger partial charge in [0.2, 0.25) is 5.91 Å². The molecule has 0 spiro atoms. The van der Waals surface area contributed by atoms with Crippen molar-refractivity contribution >= 4 is 11.6 Å². The Balaban J connectivity index is 2.80. The van der Waals surface area contributed by atoms with Crippen LogP contribution in [0.25, 0.3) is 0 Å². The molecule has 0 fully saturated rings. The molecule has 19 heavy (non-hydrogen) atoms. The largest absolute Gasteiger partial charge is 0.381 e. The smallest absolute Gasteiger partial charge is 0.269 e. The molecule has 0 bridgehead atoms. The predicted molar refractivity (Wildman–Crippen MR) is 75.2 cm³/mol. The van der Waals surface area contributed by atoms with Crippen molar-refractivity contribution in [3.8, 4) is 0 Å². The van der Waals surface area contributed by atoms with Gasteiger partial charge in [0.25, 0.3) is 5.56 Å². The molecule has 0 aromatic carbocycles. The molecule has 106 valence electrons. The molecule has 1 aromatic heterocycles. The van der Waals surface area contributed by atoms with Gasteiger partial charge < -0.3 is 10.2 Å². The molecule has 1 heterocycles. The Morgan fingerprint density at radius 1 is 1.42 bits per heavy atom. The number of amides is 1. The highest BCUT2D eigenvalue weighted by Gasteiger charge is 2.12. The number of likely N-dealkylation sites (N-methyl/N-ethyl adjacent to an activating group) is 1. The van der Waals surface area contributed by atoms with E-state index >= 15 is 0 Å². The van der Waals surface area contributed by atoms with Crippen molar-refractivity contribution in [1.82, 2.24) is 14.7 Å². The van der Waals surface area contributed by atoms with Crippen molar-refractivity contribution in [2.45, 2.75) is 40.3 Å². The van der Waals surface area contributed by atoms with Crippen LogP contribution in [0.3, 0.4) is 0 Å². The van der Waals surface area contributed by atoms with Gasteiger partial charge in [-0.1, -0.05) is 0 Å². The van der Waals surface area contributed by atoms with Crippen molar-refractivity contribution in [1.29, 1.82) is 0 Å². The molecule has 0 unspecified atom stereocenters. The summed E-state index contributed by atoms with van der Waals surface area (Å²) >= 11 is 0. The fourth-order valence-electron chi connectivity index (χ4n) is 1.77. The quantitative estimate of drug-likeness (QED) is 0.832. The number of carbonyl (C=O) groups is 1. The van der Waals surface area contributed by atoms with Gasteiger partial charge in [-0.25, -0.2) is 4.68 Å². The van der Waals surface area contributed by atoms with Crippen molar-refractivity contribution in [2.75, 3.05) is 18.4 Å². The molecule has 0 saturated heterocycles. The Morgan fingerprint density at radius 2 is 2.05 bits per heavy atom. The summed E-state index contributed by atoms with van der Waals surface area (Å²) in [5, 5.41) is 7.12. The Labute approximate surface area is 113 Å².